The quantitative estimate of drug-likeness (QED) is 0.674. The lowest BCUT2D eigenvalue weighted by atomic mass is 9.92. The van der Waals surface area contributed by atoms with Crippen molar-refractivity contribution in [3.05, 3.63) is 57.6 Å². The van der Waals surface area contributed by atoms with E-state index in [0.717, 1.165) is 6.07 Å². The van der Waals surface area contributed by atoms with Crippen molar-refractivity contribution in [1.82, 2.24) is 0 Å². The topological polar surface area (TPSA) is 106 Å². The highest BCUT2D eigenvalue weighted by Crippen LogP contribution is 2.35. The molecule has 0 aliphatic rings. The van der Waals surface area contributed by atoms with Crippen LogP contribution in [0, 0.1) is 0 Å². The van der Waals surface area contributed by atoms with Gasteiger partial charge in [0.15, 0.2) is 5.76 Å². The van der Waals surface area contributed by atoms with Gasteiger partial charge in [0.25, 0.3) is 0 Å². The summed E-state index contributed by atoms with van der Waals surface area (Å²) in [6, 6.07) is 6.35. The first kappa shape index (κ1) is 20.4. The average molecular weight is 384 g/mol. The van der Waals surface area contributed by atoms with Gasteiger partial charge in [0.1, 0.15) is 18.1 Å². The van der Waals surface area contributed by atoms with Crippen LogP contribution in [0.25, 0.3) is 0 Å². The van der Waals surface area contributed by atoms with E-state index in [9.17, 15) is 28.6 Å². The zero-order valence-corrected chi connectivity index (χ0v) is 14.4. The molecule has 7 nitrogen and oxygen atoms in total. The van der Waals surface area contributed by atoms with Crippen molar-refractivity contribution in [3.8, 4) is 11.5 Å². The van der Waals surface area contributed by atoms with Crippen LogP contribution in [0.4, 0.5) is 8.78 Å². The molecular formula is C18H18F2O7. The Labute approximate surface area is 152 Å². The lowest BCUT2D eigenvalue weighted by Gasteiger charge is -2.18. The zero-order chi connectivity index (χ0) is 20.0. The number of aromatic hydroxyl groups is 1. The van der Waals surface area contributed by atoms with Gasteiger partial charge in [0.2, 0.25) is 11.2 Å². The van der Waals surface area contributed by atoms with Crippen molar-refractivity contribution in [2.45, 2.75) is 32.5 Å². The predicted molar refractivity (Wildman–Crippen MR) is 88.7 cm³/mol. The van der Waals surface area contributed by atoms with Gasteiger partial charge in [-0.1, -0.05) is 12.1 Å². The number of hydrogen-bond donors (Lipinski definition) is 2. The molecule has 0 saturated heterocycles. The Morgan fingerprint density at radius 1 is 1.30 bits per heavy atom. The molecule has 9 heteroatoms. The van der Waals surface area contributed by atoms with Crippen molar-refractivity contribution >= 4 is 5.97 Å². The molecule has 1 aromatic heterocycles. The van der Waals surface area contributed by atoms with E-state index in [1.807, 2.05) is 0 Å². The molecule has 146 valence electrons. The van der Waals surface area contributed by atoms with Gasteiger partial charge >= 0.3 is 12.6 Å². The van der Waals surface area contributed by atoms with Gasteiger partial charge in [0.05, 0.1) is 18.9 Å². The van der Waals surface area contributed by atoms with Gasteiger partial charge in [-0.05, 0) is 24.6 Å². The average Bonchev–Trinajstić information content (AvgIpc) is 2.62. The number of benzene rings is 1. The number of ether oxygens (including phenoxy) is 2. The second-order valence-corrected chi connectivity index (χ2v) is 5.46. The van der Waals surface area contributed by atoms with Crippen LogP contribution >= 0.6 is 0 Å². The molecule has 0 aliphatic heterocycles. The van der Waals surface area contributed by atoms with Gasteiger partial charge in [-0.25, -0.2) is 0 Å². The van der Waals surface area contributed by atoms with Crippen LogP contribution in [-0.4, -0.2) is 29.4 Å². The Hall–Kier alpha value is -2.94. The summed E-state index contributed by atoms with van der Waals surface area (Å²) in [5, 5.41) is 19.3. The number of esters is 1. The van der Waals surface area contributed by atoms with Crippen LogP contribution in [0.1, 0.15) is 36.3 Å². The second kappa shape index (κ2) is 9.13. The fourth-order valence-electron chi connectivity index (χ4n) is 2.53. The summed E-state index contributed by atoms with van der Waals surface area (Å²) in [5.74, 6) is -3.00. The standard InChI is InChI=1S/C18H18F2O7/c1-2-25-15(23)8-13(10-4-3-5-11(6-10)27-18(19)20)17-16(24)14(22)7-12(9-21)26-17/h3-7,13,18,21,24H,2,8-9H2,1H3/t13-/m1/s1. The highest BCUT2D eigenvalue weighted by atomic mass is 19.3. The van der Waals surface area contributed by atoms with Crippen molar-refractivity contribution < 1.29 is 37.7 Å². The zero-order valence-electron chi connectivity index (χ0n) is 14.4. The van der Waals surface area contributed by atoms with Crippen molar-refractivity contribution in [2.24, 2.45) is 0 Å². The van der Waals surface area contributed by atoms with Crippen LogP contribution in [0.3, 0.4) is 0 Å². The van der Waals surface area contributed by atoms with Crippen LogP contribution in [0.2, 0.25) is 0 Å². The van der Waals surface area contributed by atoms with Gasteiger partial charge in [-0.3, -0.25) is 9.59 Å². The van der Waals surface area contributed by atoms with Gasteiger partial charge in [0, 0.05) is 6.07 Å². The van der Waals surface area contributed by atoms with Crippen LogP contribution in [-0.2, 0) is 16.1 Å². The lowest BCUT2D eigenvalue weighted by molar-refractivity contribution is -0.143. The third-order valence-electron chi connectivity index (χ3n) is 3.63. The molecule has 0 radical (unpaired) electrons. The van der Waals surface area contributed by atoms with Gasteiger partial charge in [-0.15, -0.1) is 0 Å². The van der Waals surface area contributed by atoms with E-state index in [1.54, 1.807) is 6.92 Å². The lowest BCUT2D eigenvalue weighted by Crippen LogP contribution is -2.15. The summed E-state index contributed by atoms with van der Waals surface area (Å²) in [4.78, 5) is 23.9. The largest absolute Gasteiger partial charge is 0.502 e. The molecule has 0 fully saturated rings. The Bertz CT molecular complexity index is 848. The number of rotatable bonds is 8. The number of carbonyl (C=O) groups is 1. The smallest absolute Gasteiger partial charge is 0.387 e. The summed E-state index contributed by atoms with van der Waals surface area (Å²) < 4.78 is 39.6. The molecule has 0 saturated carbocycles. The number of aliphatic hydroxyl groups is 1. The highest BCUT2D eigenvalue weighted by molar-refractivity contribution is 5.71. The summed E-state index contributed by atoms with van der Waals surface area (Å²) in [5.41, 5.74) is -0.538. The first-order chi connectivity index (χ1) is 12.8. The molecule has 0 unspecified atom stereocenters. The van der Waals surface area contributed by atoms with E-state index in [0.29, 0.717) is 0 Å². The van der Waals surface area contributed by atoms with Crippen molar-refractivity contribution in [3.63, 3.8) is 0 Å². The molecule has 0 aliphatic carbocycles. The normalized spacial score (nSPS) is 12.0. The minimum atomic E-state index is -3.05. The first-order valence-corrected chi connectivity index (χ1v) is 8.02. The molecule has 0 amide bonds. The summed E-state index contributed by atoms with van der Waals surface area (Å²) in [6.07, 6.45) is -0.336. The summed E-state index contributed by atoms with van der Waals surface area (Å²) in [7, 11) is 0. The Morgan fingerprint density at radius 2 is 2.04 bits per heavy atom. The van der Waals surface area contributed by atoms with Crippen LogP contribution in [0.15, 0.2) is 39.5 Å². The Kier molecular flexibility index (Phi) is 6.89. The molecule has 27 heavy (non-hydrogen) atoms. The third-order valence-corrected chi connectivity index (χ3v) is 3.63. The number of carbonyl (C=O) groups excluding carboxylic acids is 1. The van der Waals surface area contributed by atoms with E-state index >= 15 is 0 Å². The van der Waals surface area contributed by atoms with E-state index in [-0.39, 0.29) is 35.9 Å². The van der Waals surface area contributed by atoms with Crippen LogP contribution < -0.4 is 10.2 Å². The van der Waals surface area contributed by atoms with Crippen LogP contribution in [0.5, 0.6) is 11.5 Å². The molecule has 2 N–H and O–H groups in total. The molecule has 1 heterocycles. The monoisotopic (exact) mass is 384 g/mol. The third kappa shape index (κ3) is 5.27. The minimum Gasteiger partial charge on any atom is -0.502 e. The van der Waals surface area contributed by atoms with E-state index < -0.39 is 36.3 Å². The first-order valence-electron chi connectivity index (χ1n) is 8.02. The summed E-state index contributed by atoms with van der Waals surface area (Å²) in [6.45, 7) is -1.95. The maximum atomic E-state index is 12.5. The van der Waals surface area contributed by atoms with E-state index in [4.69, 9.17) is 9.15 Å². The van der Waals surface area contributed by atoms with Gasteiger partial charge in [-0.2, -0.15) is 8.78 Å². The maximum Gasteiger partial charge on any atom is 0.387 e. The number of alkyl halides is 2. The highest BCUT2D eigenvalue weighted by Gasteiger charge is 2.27. The molecular weight excluding hydrogens is 366 g/mol. The maximum absolute atomic E-state index is 12.5. The number of hydrogen-bond acceptors (Lipinski definition) is 7. The molecule has 0 spiro atoms. The SMILES string of the molecule is CCOC(=O)C[C@H](c1cccc(OC(F)F)c1)c1oc(CO)cc(=O)c1O. The fourth-order valence-corrected chi connectivity index (χ4v) is 2.53. The molecule has 1 aromatic carbocycles. The van der Waals surface area contributed by atoms with E-state index in [1.165, 1.54) is 24.3 Å². The Morgan fingerprint density at radius 3 is 2.67 bits per heavy atom. The fraction of sp³-hybridized carbons (Fsp3) is 0.333. The second-order valence-electron chi connectivity index (χ2n) is 5.46. The van der Waals surface area contributed by atoms with Crippen molar-refractivity contribution in [2.75, 3.05) is 6.61 Å². The molecule has 2 rings (SSSR count). The Balaban J connectivity index is 2.54. The number of aliphatic hydroxyl groups excluding tert-OH is 1. The molecule has 0 bridgehead atoms. The van der Waals surface area contributed by atoms with Crippen molar-refractivity contribution in [1.29, 1.82) is 0 Å². The molecule has 1 atom stereocenters. The minimum absolute atomic E-state index is 0.104. The summed E-state index contributed by atoms with van der Waals surface area (Å²) >= 11 is 0. The predicted octanol–water partition coefficient (Wildman–Crippen LogP) is 2.52. The molecule has 2 aromatic rings. The van der Waals surface area contributed by atoms with E-state index in [2.05, 4.69) is 4.74 Å². The van der Waals surface area contributed by atoms with Gasteiger partial charge < -0.3 is 24.1 Å². The number of halogens is 2.